The third-order valence-corrected chi connectivity index (χ3v) is 3.50. The second-order valence-electron chi connectivity index (χ2n) is 5.69. The summed E-state index contributed by atoms with van der Waals surface area (Å²) in [6.07, 6.45) is 5.53. The van der Waals surface area contributed by atoms with Crippen LogP contribution >= 0.6 is 0 Å². The number of nitrogens with zero attached hydrogens (tertiary/aromatic N) is 1. The van der Waals surface area contributed by atoms with Gasteiger partial charge in [-0.25, -0.2) is 0 Å². The number of carboxylic acid groups (broad SMARTS) is 1. The van der Waals surface area contributed by atoms with Crippen molar-refractivity contribution in [3.05, 3.63) is 25.3 Å². The van der Waals surface area contributed by atoms with Crippen LogP contribution in [0.3, 0.4) is 0 Å². The van der Waals surface area contributed by atoms with Gasteiger partial charge >= 0.3 is 5.97 Å². The lowest BCUT2D eigenvalue weighted by Gasteiger charge is -2.24. The molecule has 0 aliphatic carbocycles. The molecule has 0 aromatic rings. The Morgan fingerprint density at radius 2 is 1.70 bits per heavy atom. The summed E-state index contributed by atoms with van der Waals surface area (Å²) in [5.74, 6) is -0.844. The Kier molecular flexibility index (Phi) is 13.6. The molecule has 134 valence electrons. The lowest BCUT2D eigenvalue weighted by Crippen LogP contribution is -2.40. The number of aliphatic hydroxyl groups excluding tert-OH is 2. The van der Waals surface area contributed by atoms with Gasteiger partial charge in [0.1, 0.15) is 0 Å². The molecule has 0 aromatic carbocycles. The van der Waals surface area contributed by atoms with Gasteiger partial charge in [0, 0.05) is 32.7 Å². The summed E-state index contributed by atoms with van der Waals surface area (Å²) in [5, 5.41) is 31.6. The molecule has 6 nitrogen and oxygen atoms in total. The zero-order valence-corrected chi connectivity index (χ0v) is 14.0. The van der Waals surface area contributed by atoms with Crippen molar-refractivity contribution in [1.82, 2.24) is 10.2 Å². The van der Waals surface area contributed by atoms with Gasteiger partial charge in [-0.3, -0.25) is 9.69 Å². The molecule has 0 spiro atoms. The van der Waals surface area contributed by atoms with Crippen molar-refractivity contribution in [2.24, 2.45) is 0 Å². The molecule has 0 fully saturated rings. The molecule has 0 aromatic heterocycles. The Morgan fingerprint density at radius 1 is 1.09 bits per heavy atom. The van der Waals surface area contributed by atoms with E-state index in [0.717, 1.165) is 12.8 Å². The molecule has 0 saturated carbocycles. The molecule has 2 unspecified atom stereocenters. The molecular formula is C17H32N2O4. The highest BCUT2D eigenvalue weighted by molar-refractivity contribution is 5.66. The minimum atomic E-state index is -0.844. The molecule has 4 N–H and O–H groups in total. The van der Waals surface area contributed by atoms with Gasteiger partial charge in [0.2, 0.25) is 0 Å². The van der Waals surface area contributed by atoms with E-state index in [4.69, 9.17) is 5.11 Å². The molecule has 23 heavy (non-hydrogen) atoms. The summed E-state index contributed by atoms with van der Waals surface area (Å²) in [7, 11) is 0. The minimum absolute atomic E-state index is 0.0517. The number of hydrogen-bond donors (Lipinski definition) is 4. The average Bonchev–Trinajstić information content (AvgIpc) is 2.52. The van der Waals surface area contributed by atoms with Crippen molar-refractivity contribution in [1.29, 1.82) is 0 Å². The Bertz CT molecular complexity index is 337. The number of nitrogens with one attached hydrogen (secondary N) is 1. The molecule has 2 atom stereocenters. The number of aliphatic hydroxyl groups is 2. The summed E-state index contributed by atoms with van der Waals surface area (Å²) in [4.78, 5) is 12.7. The van der Waals surface area contributed by atoms with Crippen LogP contribution < -0.4 is 5.32 Å². The second-order valence-corrected chi connectivity index (χ2v) is 5.69. The van der Waals surface area contributed by atoms with Gasteiger partial charge in [-0.2, -0.15) is 0 Å². The number of aliphatic carboxylic acids is 1. The monoisotopic (exact) mass is 328 g/mol. The second kappa shape index (κ2) is 14.4. The standard InChI is InChI=1S/C17H32N2O4/c1-3-5-7-15(20)13-18-10-12-19(11-9-17(22)23)14-16(21)8-6-4-2/h3-4,15-16,18,20-21H,1-2,5-14H2,(H,22,23). The van der Waals surface area contributed by atoms with Crippen LogP contribution in [0.2, 0.25) is 0 Å². The Labute approximate surface area is 139 Å². The number of allylic oxidation sites excluding steroid dienone is 2. The van der Waals surface area contributed by atoms with Crippen molar-refractivity contribution in [2.75, 3.05) is 32.7 Å². The van der Waals surface area contributed by atoms with Crippen molar-refractivity contribution in [3.8, 4) is 0 Å². The fourth-order valence-electron chi connectivity index (χ4n) is 2.17. The lowest BCUT2D eigenvalue weighted by atomic mass is 10.2. The van der Waals surface area contributed by atoms with E-state index in [-0.39, 0.29) is 6.42 Å². The van der Waals surface area contributed by atoms with E-state index in [0.29, 0.717) is 45.6 Å². The van der Waals surface area contributed by atoms with Crippen molar-refractivity contribution >= 4 is 5.97 Å². The molecule has 0 amide bonds. The maximum absolute atomic E-state index is 10.7. The highest BCUT2D eigenvalue weighted by Gasteiger charge is 2.13. The van der Waals surface area contributed by atoms with Crippen LogP contribution in [0, 0.1) is 0 Å². The van der Waals surface area contributed by atoms with E-state index in [1.165, 1.54) is 0 Å². The van der Waals surface area contributed by atoms with E-state index < -0.39 is 18.2 Å². The van der Waals surface area contributed by atoms with Crippen LogP contribution in [0.4, 0.5) is 0 Å². The first-order valence-electron chi connectivity index (χ1n) is 8.22. The van der Waals surface area contributed by atoms with Crippen LogP contribution in [0.15, 0.2) is 25.3 Å². The first kappa shape index (κ1) is 21.8. The zero-order valence-electron chi connectivity index (χ0n) is 14.0. The Morgan fingerprint density at radius 3 is 2.26 bits per heavy atom. The Hall–Kier alpha value is -1.21. The maximum atomic E-state index is 10.7. The van der Waals surface area contributed by atoms with E-state index in [1.807, 2.05) is 4.90 Å². The van der Waals surface area contributed by atoms with E-state index >= 15 is 0 Å². The first-order chi connectivity index (χ1) is 11.0. The number of hydrogen-bond acceptors (Lipinski definition) is 5. The quantitative estimate of drug-likeness (QED) is 0.250. The molecule has 0 aliphatic rings. The molecule has 0 radical (unpaired) electrons. The molecule has 0 rings (SSSR count). The summed E-state index contributed by atoms with van der Waals surface area (Å²) in [5.41, 5.74) is 0. The maximum Gasteiger partial charge on any atom is 0.304 e. The highest BCUT2D eigenvalue weighted by atomic mass is 16.4. The van der Waals surface area contributed by atoms with Gasteiger partial charge in [-0.1, -0.05) is 12.2 Å². The predicted octanol–water partition coefficient (Wildman–Crippen LogP) is 1.01. The molecule has 0 saturated heterocycles. The highest BCUT2D eigenvalue weighted by Crippen LogP contribution is 2.02. The van der Waals surface area contributed by atoms with Gasteiger partial charge in [0.05, 0.1) is 18.6 Å². The minimum Gasteiger partial charge on any atom is -0.481 e. The summed E-state index contributed by atoms with van der Waals surface area (Å²) >= 11 is 0. The third-order valence-electron chi connectivity index (χ3n) is 3.50. The number of rotatable bonds is 16. The number of carbonyl (C=O) groups is 1. The van der Waals surface area contributed by atoms with Crippen LogP contribution in [-0.4, -0.2) is 71.1 Å². The van der Waals surface area contributed by atoms with Crippen LogP contribution in [0.25, 0.3) is 0 Å². The topological polar surface area (TPSA) is 93.0 Å². The van der Waals surface area contributed by atoms with Crippen molar-refractivity contribution < 1.29 is 20.1 Å². The van der Waals surface area contributed by atoms with E-state index in [1.54, 1.807) is 12.2 Å². The third kappa shape index (κ3) is 14.1. The van der Waals surface area contributed by atoms with Gasteiger partial charge in [-0.05, 0) is 25.7 Å². The summed E-state index contributed by atoms with van der Waals surface area (Å²) in [6, 6.07) is 0. The van der Waals surface area contributed by atoms with Gasteiger partial charge in [0.25, 0.3) is 0 Å². The fourth-order valence-corrected chi connectivity index (χ4v) is 2.17. The molecule has 6 heteroatoms. The van der Waals surface area contributed by atoms with E-state index in [2.05, 4.69) is 18.5 Å². The zero-order chi connectivity index (χ0) is 17.5. The van der Waals surface area contributed by atoms with Crippen LogP contribution in [0.5, 0.6) is 0 Å². The smallest absolute Gasteiger partial charge is 0.304 e. The van der Waals surface area contributed by atoms with Gasteiger partial charge in [-0.15, -0.1) is 13.2 Å². The predicted molar refractivity (Wildman–Crippen MR) is 92.4 cm³/mol. The molecular weight excluding hydrogens is 296 g/mol. The molecule has 0 bridgehead atoms. The van der Waals surface area contributed by atoms with Crippen molar-refractivity contribution in [2.45, 2.75) is 44.3 Å². The lowest BCUT2D eigenvalue weighted by molar-refractivity contribution is -0.137. The largest absolute Gasteiger partial charge is 0.481 e. The summed E-state index contributed by atoms with van der Waals surface area (Å²) in [6.45, 7) is 9.87. The Balaban J connectivity index is 4.06. The van der Waals surface area contributed by atoms with Crippen LogP contribution in [0.1, 0.15) is 32.1 Å². The SMILES string of the molecule is C=CCCC(O)CNCCN(CCC(=O)O)CC(O)CCC=C. The summed E-state index contributed by atoms with van der Waals surface area (Å²) < 4.78 is 0. The number of carboxylic acids is 1. The van der Waals surface area contributed by atoms with Crippen molar-refractivity contribution in [3.63, 3.8) is 0 Å². The average molecular weight is 328 g/mol. The fraction of sp³-hybridized carbons (Fsp3) is 0.706. The van der Waals surface area contributed by atoms with Crippen LogP contribution in [-0.2, 0) is 4.79 Å². The first-order valence-corrected chi connectivity index (χ1v) is 8.22. The molecule has 0 aliphatic heterocycles. The van der Waals surface area contributed by atoms with E-state index in [9.17, 15) is 15.0 Å². The van der Waals surface area contributed by atoms with Gasteiger partial charge in [0.15, 0.2) is 0 Å². The van der Waals surface area contributed by atoms with Gasteiger partial charge < -0.3 is 20.6 Å². The molecule has 0 heterocycles. The normalized spacial score (nSPS) is 13.7.